The molecule has 0 aliphatic carbocycles. The van der Waals surface area contributed by atoms with Crippen molar-refractivity contribution in [3.05, 3.63) is 70.8 Å². The molecule has 0 spiro atoms. The number of hydrogen-bond donors (Lipinski definition) is 1. The third-order valence-corrected chi connectivity index (χ3v) is 6.32. The van der Waals surface area contributed by atoms with Gasteiger partial charge in [-0.15, -0.1) is 11.3 Å². The quantitative estimate of drug-likeness (QED) is 0.594. The first-order valence-electron chi connectivity index (χ1n) is 9.36. The number of anilines is 1. The van der Waals surface area contributed by atoms with E-state index < -0.39 is 16.4 Å². The summed E-state index contributed by atoms with van der Waals surface area (Å²) in [5, 5.41) is 1.64. The Kier molecular flexibility index (Phi) is 7.83. The molecule has 0 saturated carbocycles. The Morgan fingerprint density at radius 3 is 2.43 bits per heavy atom. The van der Waals surface area contributed by atoms with Gasteiger partial charge in [-0.2, -0.15) is 0 Å². The van der Waals surface area contributed by atoms with Crippen LogP contribution in [-0.2, 0) is 16.6 Å². The van der Waals surface area contributed by atoms with Crippen molar-refractivity contribution in [3.8, 4) is 0 Å². The van der Waals surface area contributed by atoms with E-state index in [1.165, 1.54) is 42.4 Å². The number of alkyl halides is 2. The molecule has 6 nitrogen and oxygen atoms in total. The number of aromatic nitrogens is 2. The van der Waals surface area contributed by atoms with Crippen LogP contribution in [0.2, 0.25) is 0 Å². The zero-order valence-corrected chi connectivity index (χ0v) is 17.7. The van der Waals surface area contributed by atoms with E-state index >= 15 is 0 Å². The fraction of sp³-hybridized carbons (Fsp3) is 0.300. The van der Waals surface area contributed by atoms with Gasteiger partial charge >= 0.3 is 0 Å². The van der Waals surface area contributed by atoms with Crippen molar-refractivity contribution in [2.24, 2.45) is 0 Å². The molecule has 1 N–H and O–H groups in total. The monoisotopic (exact) mass is 452 g/mol. The molecule has 0 unspecified atom stereocenters. The van der Waals surface area contributed by atoms with Gasteiger partial charge in [0, 0.05) is 11.9 Å². The average molecular weight is 453 g/mol. The van der Waals surface area contributed by atoms with Crippen molar-refractivity contribution in [1.82, 2.24) is 14.9 Å². The van der Waals surface area contributed by atoms with E-state index in [-0.39, 0.29) is 10.6 Å². The number of nitrogens with one attached hydrogen (secondary N) is 1. The summed E-state index contributed by atoms with van der Waals surface area (Å²) >= 11 is 1.34. The topological polar surface area (TPSA) is 75.2 Å². The molecule has 160 valence electrons. The predicted octanol–water partition coefficient (Wildman–Crippen LogP) is 4.56. The molecule has 3 heterocycles. The van der Waals surface area contributed by atoms with Crippen LogP contribution in [0.25, 0.3) is 0 Å². The van der Waals surface area contributed by atoms with Crippen LogP contribution in [0.1, 0.15) is 30.7 Å². The maximum absolute atomic E-state index is 12.4. The fourth-order valence-corrected chi connectivity index (χ4v) is 4.52. The van der Waals surface area contributed by atoms with E-state index in [1.807, 2.05) is 6.07 Å². The molecular weight excluding hydrogens is 430 g/mol. The summed E-state index contributed by atoms with van der Waals surface area (Å²) in [6.45, 7) is 2.81. The first kappa shape index (κ1) is 22.3. The first-order chi connectivity index (χ1) is 14.4. The van der Waals surface area contributed by atoms with Gasteiger partial charge in [-0.05, 0) is 50.2 Å². The smallest absolute Gasteiger partial charge is 0.280 e. The molecular formula is C20H22F2N4O2S2. The third-order valence-electron chi connectivity index (χ3n) is 4.36. The largest absolute Gasteiger partial charge is 0.298 e. The molecule has 1 saturated heterocycles. The van der Waals surface area contributed by atoms with Crippen LogP contribution < -0.4 is 4.72 Å². The molecule has 0 amide bonds. The van der Waals surface area contributed by atoms with E-state index in [9.17, 15) is 17.2 Å². The Hall–Kier alpha value is -2.43. The molecule has 2 aromatic heterocycles. The Bertz CT molecular complexity index is 1010. The molecule has 3 aromatic rings. The van der Waals surface area contributed by atoms with E-state index in [0.717, 1.165) is 18.8 Å². The van der Waals surface area contributed by atoms with Gasteiger partial charge in [-0.3, -0.25) is 14.6 Å². The van der Waals surface area contributed by atoms with Gasteiger partial charge in [-0.1, -0.05) is 24.3 Å². The average Bonchev–Trinajstić information content (AvgIpc) is 3.43. The summed E-state index contributed by atoms with van der Waals surface area (Å²) in [5.74, 6) is 0.351. The molecule has 0 atom stereocenters. The summed E-state index contributed by atoms with van der Waals surface area (Å²) in [4.78, 5) is 10.3. The number of rotatable bonds is 6. The minimum absolute atomic E-state index is 0.119. The van der Waals surface area contributed by atoms with Crippen LogP contribution in [0.3, 0.4) is 0 Å². The minimum Gasteiger partial charge on any atom is -0.298 e. The number of thiazole rings is 1. The highest BCUT2D eigenvalue weighted by atomic mass is 32.2. The van der Waals surface area contributed by atoms with Crippen LogP contribution in [-0.4, -0.2) is 36.4 Å². The standard InChI is InChI=1S/C11H14F2N2.C9H8N2O2S2/c12-11(13)10-5-3-4-9(14-10)8-15-6-1-2-7-15;12-15(13,8-4-2-1-3-5-8)11-9-6-14-7-10-9/h3-5,11H,1-2,6-8H2;1-7,11H. The van der Waals surface area contributed by atoms with E-state index in [0.29, 0.717) is 12.4 Å². The maximum Gasteiger partial charge on any atom is 0.280 e. The third kappa shape index (κ3) is 6.54. The number of benzene rings is 1. The zero-order valence-electron chi connectivity index (χ0n) is 16.1. The van der Waals surface area contributed by atoms with Crippen LogP contribution in [0, 0.1) is 0 Å². The Morgan fingerprint density at radius 2 is 1.80 bits per heavy atom. The Morgan fingerprint density at radius 1 is 1.07 bits per heavy atom. The van der Waals surface area contributed by atoms with Crippen molar-refractivity contribution >= 4 is 27.2 Å². The highest BCUT2D eigenvalue weighted by molar-refractivity contribution is 7.92. The number of hydrogen-bond acceptors (Lipinski definition) is 6. The second-order valence-corrected chi connectivity index (χ2v) is 9.03. The highest BCUT2D eigenvalue weighted by Crippen LogP contribution is 2.18. The number of pyridine rings is 1. The Labute approximate surface area is 178 Å². The number of sulfonamides is 1. The molecule has 1 aromatic carbocycles. The predicted molar refractivity (Wildman–Crippen MR) is 113 cm³/mol. The SMILES string of the molecule is FC(F)c1cccc(CN2CCCC2)n1.O=S(=O)(Nc1cscn1)c1ccccc1. The Balaban J connectivity index is 0.000000171. The molecule has 30 heavy (non-hydrogen) atoms. The lowest BCUT2D eigenvalue weighted by Crippen LogP contribution is -2.19. The molecule has 1 fully saturated rings. The summed E-state index contributed by atoms with van der Waals surface area (Å²) in [6, 6.07) is 13.0. The number of likely N-dealkylation sites (tertiary alicyclic amines) is 1. The molecule has 10 heteroatoms. The van der Waals surface area contributed by atoms with Crippen molar-refractivity contribution in [1.29, 1.82) is 0 Å². The maximum atomic E-state index is 12.4. The van der Waals surface area contributed by atoms with Crippen molar-refractivity contribution in [2.45, 2.75) is 30.7 Å². The molecule has 0 radical (unpaired) electrons. The molecule has 1 aliphatic rings. The van der Waals surface area contributed by atoms with Crippen LogP contribution >= 0.6 is 11.3 Å². The second kappa shape index (κ2) is 10.6. The highest BCUT2D eigenvalue weighted by Gasteiger charge is 2.15. The summed E-state index contributed by atoms with van der Waals surface area (Å²) in [5.41, 5.74) is 2.20. The van der Waals surface area contributed by atoms with Crippen LogP contribution in [0.4, 0.5) is 14.6 Å². The summed E-state index contributed by atoms with van der Waals surface area (Å²) in [7, 11) is -3.49. The van der Waals surface area contributed by atoms with Gasteiger partial charge in [0.15, 0.2) is 5.82 Å². The summed E-state index contributed by atoms with van der Waals surface area (Å²) < 4.78 is 50.7. The van der Waals surface area contributed by atoms with Crippen molar-refractivity contribution < 1.29 is 17.2 Å². The molecule has 0 bridgehead atoms. The minimum atomic E-state index is -3.49. The van der Waals surface area contributed by atoms with Crippen molar-refractivity contribution in [2.75, 3.05) is 17.8 Å². The van der Waals surface area contributed by atoms with Crippen molar-refractivity contribution in [3.63, 3.8) is 0 Å². The fourth-order valence-electron chi connectivity index (χ4n) is 2.94. The van der Waals surface area contributed by atoms with E-state index in [4.69, 9.17) is 0 Å². The number of halogens is 2. The lowest BCUT2D eigenvalue weighted by molar-refractivity contribution is 0.145. The van der Waals surface area contributed by atoms with Crippen LogP contribution in [0.5, 0.6) is 0 Å². The second-order valence-electron chi connectivity index (χ2n) is 6.63. The first-order valence-corrected chi connectivity index (χ1v) is 11.8. The normalized spacial score (nSPS) is 14.4. The van der Waals surface area contributed by atoms with E-state index in [1.54, 1.807) is 35.2 Å². The van der Waals surface area contributed by atoms with Crippen LogP contribution in [0.15, 0.2) is 64.3 Å². The molecule has 4 rings (SSSR count). The van der Waals surface area contributed by atoms with Gasteiger partial charge in [0.05, 0.1) is 16.1 Å². The van der Waals surface area contributed by atoms with Gasteiger partial charge in [0.2, 0.25) is 0 Å². The zero-order chi connectivity index (χ0) is 21.4. The van der Waals surface area contributed by atoms with Gasteiger partial charge < -0.3 is 0 Å². The number of nitrogens with zero attached hydrogens (tertiary/aromatic N) is 3. The molecule has 1 aliphatic heterocycles. The van der Waals surface area contributed by atoms with E-state index in [2.05, 4.69) is 19.6 Å². The van der Waals surface area contributed by atoms with Gasteiger partial charge in [0.1, 0.15) is 5.69 Å². The lowest BCUT2D eigenvalue weighted by atomic mass is 10.3. The van der Waals surface area contributed by atoms with Gasteiger partial charge in [0.25, 0.3) is 16.4 Å². The lowest BCUT2D eigenvalue weighted by Gasteiger charge is -2.14. The van der Waals surface area contributed by atoms with Gasteiger partial charge in [-0.25, -0.2) is 22.2 Å². The summed E-state index contributed by atoms with van der Waals surface area (Å²) in [6.07, 6.45) is -0.0631.